The van der Waals surface area contributed by atoms with Gasteiger partial charge in [-0.15, -0.1) is 0 Å². The van der Waals surface area contributed by atoms with Crippen molar-refractivity contribution in [2.75, 3.05) is 0 Å². The van der Waals surface area contributed by atoms with E-state index in [1.54, 1.807) is 6.07 Å². The van der Waals surface area contributed by atoms with Gasteiger partial charge in [-0.3, -0.25) is 4.98 Å². The Kier molecular flexibility index (Phi) is 4.04. The van der Waals surface area contributed by atoms with Crippen LogP contribution >= 0.6 is 0 Å². The van der Waals surface area contributed by atoms with Gasteiger partial charge in [0.2, 0.25) is 0 Å². The molecule has 1 atom stereocenters. The third-order valence-electron chi connectivity index (χ3n) is 2.95. The number of hydrogen-bond acceptors (Lipinski definition) is 2. The molecule has 2 rings (SSSR count). The fourth-order valence-corrected chi connectivity index (χ4v) is 1.97. The summed E-state index contributed by atoms with van der Waals surface area (Å²) in [4.78, 5) is 3.67. The van der Waals surface area contributed by atoms with Crippen LogP contribution in [0.5, 0.6) is 0 Å². The normalized spacial score (nSPS) is 13.2. The molecule has 0 amide bonds. The topological polar surface area (TPSA) is 38.9 Å². The molecule has 0 aliphatic rings. The van der Waals surface area contributed by atoms with Crippen LogP contribution in [-0.4, -0.2) is 4.98 Å². The maximum absolute atomic E-state index is 13.5. The highest BCUT2D eigenvalue weighted by Crippen LogP contribution is 2.34. The summed E-state index contributed by atoms with van der Waals surface area (Å²) in [5.41, 5.74) is 5.09. The van der Waals surface area contributed by atoms with Crippen molar-refractivity contribution in [1.29, 1.82) is 0 Å². The monoisotopic (exact) mass is 284 g/mol. The zero-order valence-electron chi connectivity index (χ0n) is 10.4. The van der Waals surface area contributed by atoms with E-state index in [1.807, 2.05) is 0 Å². The molecule has 1 aromatic carbocycles. The van der Waals surface area contributed by atoms with E-state index in [0.717, 1.165) is 18.5 Å². The lowest BCUT2D eigenvalue weighted by atomic mass is 9.97. The van der Waals surface area contributed by atoms with Crippen LogP contribution < -0.4 is 5.73 Å². The van der Waals surface area contributed by atoms with E-state index < -0.39 is 23.6 Å². The Balaban J connectivity index is 2.31. The van der Waals surface area contributed by atoms with Crippen molar-refractivity contribution in [3.8, 4) is 0 Å². The van der Waals surface area contributed by atoms with E-state index in [0.29, 0.717) is 0 Å². The Labute approximate surface area is 113 Å². The molecule has 2 N–H and O–H groups in total. The van der Waals surface area contributed by atoms with Crippen LogP contribution in [0.2, 0.25) is 0 Å². The second-order valence-electron chi connectivity index (χ2n) is 4.36. The van der Waals surface area contributed by atoms with Gasteiger partial charge in [-0.25, -0.2) is 4.39 Å². The van der Waals surface area contributed by atoms with E-state index in [2.05, 4.69) is 4.98 Å². The summed E-state index contributed by atoms with van der Waals surface area (Å²) in [5.74, 6) is -0.486. The number of rotatable bonds is 3. The number of pyridine rings is 1. The van der Waals surface area contributed by atoms with Gasteiger partial charge in [0, 0.05) is 18.4 Å². The molecule has 2 aromatic rings. The molecule has 1 aromatic heterocycles. The first-order chi connectivity index (χ1) is 9.39. The second-order valence-corrected chi connectivity index (χ2v) is 4.36. The van der Waals surface area contributed by atoms with Gasteiger partial charge in [-0.05, 0) is 29.7 Å². The van der Waals surface area contributed by atoms with Crippen molar-refractivity contribution < 1.29 is 17.6 Å². The number of nitrogens with zero attached hydrogens (tertiary/aromatic N) is 1. The molecule has 106 valence electrons. The van der Waals surface area contributed by atoms with Gasteiger partial charge in [-0.2, -0.15) is 13.2 Å². The maximum Gasteiger partial charge on any atom is 0.416 e. The molecule has 0 bridgehead atoms. The van der Waals surface area contributed by atoms with Crippen molar-refractivity contribution in [3.63, 3.8) is 0 Å². The SMILES string of the molecule is NC(Cc1ccccc1F)c1cnccc1C(F)(F)F. The summed E-state index contributed by atoms with van der Waals surface area (Å²) < 4.78 is 52.1. The minimum atomic E-state index is -4.51. The number of hydrogen-bond donors (Lipinski definition) is 1. The molecule has 1 heterocycles. The Morgan fingerprint density at radius 2 is 1.85 bits per heavy atom. The van der Waals surface area contributed by atoms with E-state index >= 15 is 0 Å². The fourth-order valence-electron chi connectivity index (χ4n) is 1.97. The summed E-state index contributed by atoms with van der Waals surface area (Å²) in [6.07, 6.45) is -2.40. The number of aromatic nitrogens is 1. The Morgan fingerprint density at radius 3 is 2.50 bits per heavy atom. The molecule has 1 unspecified atom stereocenters. The third kappa shape index (κ3) is 3.14. The van der Waals surface area contributed by atoms with Gasteiger partial charge in [0.1, 0.15) is 5.82 Å². The first-order valence-electron chi connectivity index (χ1n) is 5.89. The molecule has 0 saturated carbocycles. The average Bonchev–Trinajstić information content (AvgIpc) is 2.40. The smallest absolute Gasteiger partial charge is 0.324 e. The van der Waals surface area contributed by atoms with Crippen LogP contribution in [0.4, 0.5) is 17.6 Å². The molecule has 0 fully saturated rings. The van der Waals surface area contributed by atoms with Gasteiger partial charge >= 0.3 is 6.18 Å². The van der Waals surface area contributed by atoms with E-state index in [-0.39, 0.29) is 17.5 Å². The van der Waals surface area contributed by atoms with Gasteiger partial charge in [0.05, 0.1) is 5.56 Å². The third-order valence-corrected chi connectivity index (χ3v) is 2.95. The molecule has 2 nitrogen and oxygen atoms in total. The number of benzene rings is 1. The van der Waals surface area contributed by atoms with Crippen LogP contribution in [0.3, 0.4) is 0 Å². The summed E-state index contributed by atoms with van der Waals surface area (Å²) in [7, 11) is 0. The molecule has 0 aliphatic carbocycles. The molecule has 20 heavy (non-hydrogen) atoms. The number of nitrogens with two attached hydrogens (primary N) is 1. The Hall–Kier alpha value is -1.95. The van der Waals surface area contributed by atoms with Crippen LogP contribution in [0.15, 0.2) is 42.7 Å². The summed E-state index contributed by atoms with van der Waals surface area (Å²) in [5, 5.41) is 0. The molecule has 0 aliphatic heterocycles. The highest BCUT2D eigenvalue weighted by atomic mass is 19.4. The standard InChI is InChI=1S/C14H12F4N2/c15-12-4-2-1-3-9(12)7-13(19)10-8-20-6-5-11(10)14(16,17)18/h1-6,8,13H,7,19H2. The van der Waals surface area contributed by atoms with Crippen LogP contribution in [0, 0.1) is 5.82 Å². The average molecular weight is 284 g/mol. The van der Waals surface area contributed by atoms with Crippen LogP contribution in [-0.2, 0) is 12.6 Å². The quantitative estimate of drug-likeness (QED) is 0.876. The molecule has 0 radical (unpaired) electrons. The van der Waals surface area contributed by atoms with Crippen LogP contribution in [0.1, 0.15) is 22.7 Å². The predicted octanol–water partition coefficient (Wildman–Crippen LogP) is 3.48. The molecule has 6 heteroatoms. The highest BCUT2D eigenvalue weighted by Gasteiger charge is 2.34. The summed E-state index contributed by atoms with van der Waals surface area (Å²) in [6.45, 7) is 0. The van der Waals surface area contributed by atoms with Crippen molar-refractivity contribution in [1.82, 2.24) is 4.98 Å². The lowest BCUT2D eigenvalue weighted by molar-refractivity contribution is -0.138. The van der Waals surface area contributed by atoms with Crippen molar-refractivity contribution in [2.24, 2.45) is 5.73 Å². The molecular formula is C14H12F4N2. The van der Waals surface area contributed by atoms with Gasteiger partial charge in [0.15, 0.2) is 0 Å². The Morgan fingerprint density at radius 1 is 1.15 bits per heavy atom. The van der Waals surface area contributed by atoms with Crippen molar-refractivity contribution in [2.45, 2.75) is 18.6 Å². The first kappa shape index (κ1) is 14.5. The van der Waals surface area contributed by atoms with Crippen molar-refractivity contribution >= 4 is 0 Å². The van der Waals surface area contributed by atoms with Gasteiger partial charge < -0.3 is 5.73 Å². The molecular weight excluding hydrogens is 272 g/mol. The summed E-state index contributed by atoms with van der Waals surface area (Å²) >= 11 is 0. The number of alkyl halides is 3. The lowest BCUT2D eigenvalue weighted by Crippen LogP contribution is -2.20. The van der Waals surface area contributed by atoms with Crippen LogP contribution in [0.25, 0.3) is 0 Å². The fraction of sp³-hybridized carbons (Fsp3) is 0.214. The minimum absolute atomic E-state index is 0.0263. The van der Waals surface area contributed by atoms with Crippen molar-refractivity contribution in [3.05, 3.63) is 65.2 Å². The largest absolute Gasteiger partial charge is 0.416 e. The molecule has 0 spiro atoms. The van der Waals surface area contributed by atoms with Gasteiger partial charge in [0.25, 0.3) is 0 Å². The predicted molar refractivity (Wildman–Crippen MR) is 66.3 cm³/mol. The van der Waals surface area contributed by atoms with E-state index in [9.17, 15) is 17.6 Å². The second kappa shape index (κ2) is 5.58. The van der Waals surface area contributed by atoms with E-state index in [1.165, 1.54) is 18.2 Å². The zero-order valence-corrected chi connectivity index (χ0v) is 10.4. The number of halogens is 4. The highest BCUT2D eigenvalue weighted by molar-refractivity contribution is 5.31. The maximum atomic E-state index is 13.5. The minimum Gasteiger partial charge on any atom is -0.324 e. The summed E-state index contributed by atoms with van der Waals surface area (Å²) in [6, 6.07) is 5.76. The van der Waals surface area contributed by atoms with E-state index in [4.69, 9.17) is 5.73 Å². The lowest BCUT2D eigenvalue weighted by Gasteiger charge is -2.18. The van der Waals surface area contributed by atoms with Gasteiger partial charge in [-0.1, -0.05) is 18.2 Å². The zero-order chi connectivity index (χ0) is 14.8. The first-order valence-corrected chi connectivity index (χ1v) is 5.89. The Bertz CT molecular complexity index is 596. The molecule has 0 saturated heterocycles.